The summed E-state index contributed by atoms with van der Waals surface area (Å²) in [4.78, 5) is 2.65. The number of nitrogens with zero attached hydrogens (tertiary/aromatic N) is 3. The van der Waals surface area contributed by atoms with Crippen LogP contribution in [0.3, 0.4) is 0 Å². The second-order valence-electron chi connectivity index (χ2n) is 5.66. The molecular formula is C14H24N4. The highest BCUT2D eigenvalue weighted by molar-refractivity contribution is 5.05. The molecule has 2 fully saturated rings. The number of hydrogen-bond donors (Lipinski definition) is 1. The fourth-order valence-electron chi connectivity index (χ4n) is 2.87. The maximum absolute atomic E-state index is 4.37. The van der Waals surface area contributed by atoms with E-state index in [-0.39, 0.29) is 0 Å². The first-order valence-corrected chi connectivity index (χ1v) is 7.34. The van der Waals surface area contributed by atoms with Crippen molar-refractivity contribution in [1.82, 2.24) is 20.0 Å². The summed E-state index contributed by atoms with van der Waals surface area (Å²) >= 11 is 0. The van der Waals surface area contributed by atoms with Gasteiger partial charge in [0.1, 0.15) is 0 Å². The predicted octanol–water partition coefficient (Wildman–Crippen LogP) is 1.62. The molecule has 0 amide bonds. The summed E-state index contributed by atoms with van der Waals surface area (Å²) in [6.45, 7) is 6.59. The first kappa shape index (κ1) is 12.2. The van der Waals surface area contributed by atoms with Gasteiger partial charge >= 0.3 is 0 Å². The molecule has 1 N–H and O–H groups in total. The molecule has 0 bridgehead atoms. The average Bonchev–Trinajstić information content (AvgIpc) is 2.92. The maximum Gasteiger partial charge on any atom is 0.0534 e. The van der Waals surface area contributed by atoms with Gasteiger partial charge in [0.15, 0.2) is 0 Å². The Morgan fingerprint density at radius 3 is 2.94 bits per heavy atom. The minimum atomic E-state index is 0.715. The summed E-state index contributed by atoms with van der Waals surface area (Å²) in [5.74, 6) is 0. The summed E-state index contributed by atoms with van der Waals surface area (Å²) in [7, 11) is 0. The van der Waals surface area contributed by atoms with Gasteiger partial charge in [0.25, 0.3) is 0 Å². The minimum Gasteiger partial charge on any atom is -0.313 e. The van der Waals surface area contributed by atoms with Crippen molar-refractivity contribution in [3.8, 4) is 0 Å². The second-order valence-corrected chi connectivity index (χ2v) is 5.66. The van der Waals surface area contributed by atoms with Gasteiger partial charge in [0.05, 0.1) is 6.20 Å². The van der Waals surface area contributed by atoms with Crippen LogP contribution in [0.15, 0.2) is 12.4 Å². The number of aryl methyl sites for hydroxylation is 1. The number of hydrogen-bond acceptors (Lipinski definition) is 3. The standard InChI is InChI=1S/C14H24N4/c1-2-18-10-12(8-16-18)9-17(14-5-6-14)11-13-4-3-7-15-13/h8,10,13-15H,2-7,9,11H2,1H3. The van der Waals surface area contributed by atoms with Gasteiger partial charge in [-0.15, -0.1) is 0 Å². The molecule has 18 heavy (non-hydrogen) atoms. The highest BCUT2D eigenvalue weighted by atomic mass is 15.3. The summed E-state index contributed by atoms with van der Waals surface area (Å²) in [6.07, 6.45) is 9.68. The molecule has 2 heterocycles. The van der Waals surface area contributed by atoms with Crippen molar-refractivity contribution in [1.29, 1.82) is 0 Å². The van der Waals surface area contributed by atoms with Crippen LogP contribution in [0.2, 0.25) is 0 Å². The second kappa shape index (κ2) is 5.41. The summed E-state index contributed by atoms with van der Waals surface area (Å²) in [6, 6.07) is 1.55. The third-order valence-electron chi connectivity index (χ3n) is 4.08. The van der Waals surface area contributed by atoms with Crippen LogP contribution in [0.1, 0.15) is 38.2 Å². The summed E-state index contributed by atoms with van der Waals surface area (Å²) in [5, 5.41) is 7.98. The summed E-state index contributed by atoms with van der Waals surface area (Å²) < 4.78 is 2.02. The molecule has 1 aromatic rings. The Kier molecular flexibility index (Phi) is 3.66. The lowest BCUT2D eigenvalue weighted by Gasteiger charge is -2.25. The Hall–Kier alpha value is -0.870. The summed E-state index contributed by atoms with van der Waals surface area (Å²) in [5.41, 5.74) is 1.36. The minimum absolute atomic E-state index is 0.715. The van der Waals surface area contributed by atoms with E-state index < -0.39 is 0 Å². The molecule has 1 aliphatic carbocycles. The van der Waals surface area contributed by atoms with E-state index in [9.17, 15) is 0 Å². The van der Waals surface area contributed by atoms with Crippen LogP contribution >= 0.6 is 0 Å². The van der Waals surface area contributed by atoms with Gasteiger partial charge in [-0.25, -0.2) is 0 Å². The van der Waals surface area contributed by atoms with Gasteiger partial charge in [-0.2, -0.15) is 5.10 Å². The van der Waals surface area contributed by atoms with Gasteiger partial charge in [0, 0.05) is 43.5 Å². The van der Waals surface area contributed by atoms with E-state index in [2.05, 4.69) is 28.4 Å². The van der Waals surface area contributed by atoms with Crippen LogP contribution in [0.5, 0.6) is 0 Å². The van der Waals surface area contributed by atoms with Gasteiger partial charge in [-0.05, 0) is 39.2 Å². The third kappa shape index (κ3) is 2.93. The smallest absolute Gasteiger partial charge is 0.0534 e. The van der Waals surface area contributed by atoms with E-state index in [1.807, 2.05) is 10.9 Å². The first-order chi connectivity index (χ1) is 8.85. The maximum atomic E-state index is 4.37. The highest BCUT2D eigenvalue weighted by Crippen LogP contribution is 2.29. The Labute approximate surface area is 109 Å². The van der Waals surface area contributed by atoms with Crippen LogP contribution in [0.4, 0.5) is 0 Å². The Morgan fingerprint density at radius 1 is 1.44 bits per heavy atom. The molecule has 1 atom stereocenters. The van der Waals surface area contributed by atoms with E-state index in [0.717, 1.165) is 19.1 Å². The monoisotopic (exact) mass is 248 g/mol. The Balaban J connectivity index is 1.59. The molecule has 1 saturated carbocycles. The molecule has 0 spiro atoms. The van der Waals surface area contributed by atoms with Gasteiger partial charge < -0.3 is 5.32 Å². The van der Waals surface area contributed by atoms with Crippen LogP contribution < -0.4 is 5.32 Å². The number of nitrogens with one attached hydrogen (secondary N) is 1. The van der Waals surface area contributed by atoms with E-state index >= 15 is 0 Å². The van der Waals surface area contributed by atoms with E-state index in [0.29, 0.717) is 6.04 Å². The highest BCUT2D eigenvalue weighted by Gasteiger charge is 2.31. The average molecular weight is 248 g/mol. The number of rotatable bonds is 6. The molecule has 1 aromatic heterocycles. The fraction of sp³-hybridized carbons (Fsp3) is 0.786. The van der Waals surface area contributed by atoms with Crippen molar-refractivity contribution in [3.05, 3.63) is 18.0 Å². The van der Waals surface area contributed by atoms with Gasteiger partial charge in [-0.3, -0.25) is 9.58 Å². The van der Waals surface area contributed by atoms with Gasteiger partial charge in [0.2, 0.25) is 0 Å². The molecule has 4 heteroatoms. The van der Waals surface area contributed by atoms with Crippen molar-refractivity contribution in [3.63, 3.8) is 0 Å². The van der Waals surface area contributed by atoms with Crippen LogP contribution in [-0.2, 0) is 13.1 Å². The first-order valence-electron chi connectivity index (χ1n) is 7.34. The quantitative estimate of drug-likeness (QED) is 0.830. The molecule has 1 unspecified atom stereocenters. The zero-order chi connectivity index (χ0) is 12.4. The number of aromatic nitrogens is 2. The van der Waals surface area contributed by atoms with Crippen LogP contribution in [0.25, 0.3) is 0 Å². The van der Waals surface area contributed by atoms with Crippen molar-refractivity contribution >= 4 is 0 Å². The molecule has 1 saturated heterocycles. The molecule has 1 aliphatic heterocycles. The Bertz CT molecular complexity index is 377. The predicted molar refractivity (Wildman–Crippen MR) is 72.4 cm³/mol. The fourth-order valence-corrected chi connectivity index (χ4v) is 2.87. The van der Waals surface area contributed by atoms with Crippen molar-refractivity contribution in [2.75, 3.05) is 13.1 Å². The van der Waals surface area contributed by atoms with Crippen LogP contribution in [0, 0.1) is 0 Å². The molecule has 0 radical (unpaired) electrons. The molecule has 3 rings (SSSR count). The molecule has 0 aromatic carbocycles. The normalized spacial score (nSPS) is 24.0. The molecule has 100 valence electrons. The molecule has 4 nitrogen and oxygen atoms in total. The van der Waals surface area contributed by atoms with E-state index in [4.69, 9.17) is 0 Å². The largest absolute Gasteiger partial charge is 0.313 e. The molecule has 2 aliphatic rings. The van der Waals surface area contributed by atoms with Crippen molar-refractivity contribution in [2.45, 2.75) is 57.8 Å². The SMILES string of the molecule is CCn1cc(CN(CC2CCCN2)C2CC2)cn1. The van der Waals surface area contributed by atoms with Crippen LogP contribution in [-0.4, -0.2) is 39.9 Å². The van der Waals surface area contributed by atoms with E-state index in [1.54, 1.807) is 0 Å². The molecular weight excluding hydrogens is 224 g/mol. The third-order valence-corrected chi connectivity index (χ3v) is 4.08. The zero-order valence-electron chi connectivity index (χ0n) is 11.3. The lowest BCUT2D eigenvalue weighted by atomic mass is 10.2. The van der Waals surface area contributed by atoms with Gasteiger partial charge in [-0.1, -0.05) is 0 Å². The topological polar surface area (TPSA) is 33.1 Å². The van der Waals surface area contributed by atoms with Crippen molar-refractivity contribution < 1.29 is 0 Å². The lowest BCUT2D eigenvalue weighted by molar-refractivity contribution is 0.231. The van der Waals surface area contributed by atoms with E-state index in [1.165, 1.54) is 44.3 Å². The van der Waals surface area contributed by atoms with Crippen molar-refractivity contribution in [2.24, 2.45) is 0 Å². The zero-order valence-corrected chi connectivity index (χ0v) is 11.3. The Morgan fingerprint density at radius 2 is 2.33 bits per heavy atom. The lowest BCUT2D eigenvalue weighted by Crippen LogP contribution is -2.38.